The predicted molar refractivity (Wildman–Crippen MR) is 233 cm³/mol. The number of hydrogen-bond acceptors (Lipinski definition) is 3. The van der Waals surface area contributed by atoms with E-state index < -0.39 is 50.6 Å². The monoisotopic (exact) mass is 756 g/mol. The maximum Gasteiger partial charge on any atom is 0.180 e. The number of rotatable bonds is 12. The molecular formula is C39H72O3Si6. The van der Waals surface area contributed by atoms with Gasteiger partial charge in [-0.15, -0.1) is 0 Å². The molecule has 0 radical (unpaired) electrons. The molecule has 0 aliphatic carbocycles. The van der Waals surface area contributed by atoms with E-state index in [4.69, 9.17) is 12.3 Å². The van der Waals surface area contributed by atoms with Gasteiger partial charge >= 0.3 is 0 Å². The number of hydrogen-bond donors (Lipinski definition) is 0. The molecule has 0 spiro atoms. The summed E-state index contributed by atoms with van der Waals surface area (Å²) in [5.74, 6) is 0. The molecule has 9 heteroatoms. The van der Waals surface area contributed by atoms with Crippen molar-refractivity contribution in [1.29, 1.82) is 0 Å². The molecule has 0 aliphatic heterocycles. The van der Waals surface area contributed by atoms with Crippen LogP contribution in [0.4, 0.5) is 0 Å². The SMILES string of the molecule is C=Cc1ccccc1.CC(c1ccccc1)[Si](C)(C)O[Si](C)(C)C.C[SiH](C)O[Si](C)(C)C.C[Si](C)(C)O[Si](C)(C)CCc1ccccc1. The molecule has 0 fully saturated rings. The highest BCUT2D eigenvalue weighted by Gasteiger charge is 2.35. The van der Waals surface area contributed by atoms with Crippen molar-refractivity contribution >= 4 is 56.7 Å². The van der Waals surface area contributed by atoms with Crippen molar-refractivity contribution in [2.75, 3.05) is 0 Å². The second-order valence-corrected chi connectivity index (χ2v) is 42.2. The molecule has 48 heavy (non-hydrogen) atoms. The topological polar surface area (TPSA) is 27.7 Å². The third-order valence-corrected chi connectivity index (χ3v) is 24.8. The molecule has 3 nitrogen and oxygen atoms in total. The number of benzene rings is 3. The van der Waals surface area contributed by atoms with Gasteiger partial charge in [-0.05, 0) is 133 Å². The standard InChI is InChI=1S/2C13H24OSi2.C8H8.C5H16OSi2/c1-12(13-10-8-7-9-11-13)16(5,6)14-15(2,3)4;1-15(2,3)14-16(4,5)12-11-13-9-7-6-8-10-13;1-2-8-6-4-3-5-7-8;1-7(2)6-8(3,4)5/h7-12H,1-6H3;6-10H,11-12H2,1-5H3;2-7H,1H2;7H,1-5H3. The van der Waals surface area contributed by atoms with E-state index in [1.165, 1.54) is 22.7 Å². The Morgan fingerprint density at radius 2 is 1.02 bits per heavy atom. The van der Waals surface area contributed by atoms with E-state index in [2.05, 4.69) is 172 Å². The van der Waals surface area contributed by atoms with Gasteiger partial charge in [0.25, 0.3) is 0 Å². The Labute approximate surface area is 305 Å². The summed E-state index contributed by atoms with van der Waals surface area (Å²) in [4.78, 5) is 0. The Hall–Kier alpha value is -1.42. The summed E-state index contributed by atoms with van der Waals surface area (Å²) in [6.45, 7) is 40.1. The highest BCUT2D eigenvalue weighted by molar-refractivity contribution is 6.85. The fourth-order valence-corrected chi connectivity index (χ4v) is 26.9. The minimum absolute atomic E-state index is 0.556. The van der Waals surface area contributed by atoms with Gasteiger partial charge in [0.2, 0.25) is 0 Å². The third kappa shape index (κ3) is 25.5. The molecule has 0 heterocycles. The van der Waals surface area contributed by atoms with Crippen molar-refractivity contribution in [2.45, 2.75) is 123 Å². The van der Waals surface area contributed by atoms with E-state index in [0.717, 1.165) is 6.42 Å². The lowest BCUT2D eigenvalue weighted by molar-refractivity contribution is 0.533. The zero-order valence-corrected chi connectivity index (χ0v) is 39.9. The summed E-state index contributed by atoms with van der Waals surface area (Å²) in [5.41, 5.74) is 4.58. The molecule has 270 valence electrons. The van der Waals surface area contributed by atoms with Gasteiger partial charge in [0.1, 0.15) is 0 Å². The highest BCUT2D eigenvalue weighted by atomic mass is 28.4. The Morgan fingerprint density at radius 1 is 0.604 bits per heavy atom. The average molecular weight is 758 g/mol. The quantitative estimate of drug-likeness (QED) is 0.172. The summed E-state index contributed by atoms with van der Waals surface area (Å²) in [7, 11) is -7.77. The molecule has 0 amide bonds. The van der Waals surface area contributed by atoms with Gasteiger partial charge in [-0.1, -0.05) is 111 Å². The summed E-state index contributed by atoms with van der Waals surface area (Å²) in [6.07, 6.45) is 2.99. The van der Waals surface area contributed by atoms with Gasteiger partial charge in [-0.2, -0.15) is 0 Å². The van der Waals surface area contributed by atoms with Crippen LogP contribution < -0.4 is 0 Å². The van der Waals surface area contributed by atoms with Crippen molar-refractivity contribution in [2.24, 2.45) is 0 Å². The second kappa shape index (κ2) is 21.7. The van der Waals surface area contributed by atoms with E-state index >= 15 is 0 Å². The Balaban J connectivity index is 0.000000646. The van der Waals surface area contributed by atoms with Crippen LogP contribution in [0.1, 0.15) is 29.2 Å². The summed E-state index contributed by atoms with van der Waals surface area (Å²) < 4.78 is 18.5. The zero-order chi connectivity index (χ0) is 37.2. The molecule has 3 aromatic carbocycles. The Morgan fingerprint density at radius 3 is 1.35 bits per heavy atom. The molecule has 1 unspecified atom stereocenters. The zero-order valence-electron chi connectivity index (χ0n) is 33.7. The maximum atomic E-state index is 6.42. The second-order valence-electron chi connectivity index (χ2n) is 16.8. The molecule has 0 N–H and O–H groups in total. The van der Waals surface area contributed by atoms with Crippen molar-refractivity contribution in [1.82, 2.24) is 0 Å². The van der Waals surface area contributed by atoms with Crippen molar-refractivity contribution in [3.05, 3.63) is 114 Å². The van der Waals surface area contributed by atoms with Crippen LogP contribution in [-0.4, -0.2) is 50.6 Å². The van der Waals surface area contributed by atoms with E-state index in [1.807, 2.05) is 36.4 Å². The Bertz CT molecular complexity index is 1250. The smallest absolute Gasteiger partial charge is 0.180 e. The summed E-state index contributed by atoms with van der Waals surface area (Å²) in [5, 5.41) is 0. The highest BCUT2D eigenvalue weighted by Crippen LogP contribution is 2.29. The first-order valence-corrected chi connectivity index (χ1v) is 36.8. The molecule has 0 aliphatic rings. The fourth-order valence-electron chi connectivity index (χ4n) is 5.29. The summed E-state index contributed by atoms with van der Waals surface area (Å²) in [6, 6.07) is 32.7. The van der Waals surface area contributed by atoms with Crippen LogP contribution in [0.3, 0.4) is 0 Å². The molecule has 3 rings (SSSR count). The maximum absolute atomic E-state index is 6.42. The van der Waals surface area contributed by atoms with Crippen molar-refractivity contribution in [3.63, 3.8) is 0 Å². The first-order chi connectivity index (χ1) is 21.9. The molecule has 0 saturated heterocycles. The molecule has 1 atom stereocenters. The van der Waals surface area contributed by atoms with E-state index in [-0.39, 0.29) is 0 Å². The molecule has 0 bridgehead atoms. The predicted octanol–water partition coefficient (Wildman–Crippen LogP) is 12.8. The van der Waals surface area contributed by atoms with Crippen LogP contribution in [-0.2, 0) is 18.8 Å². The fraction of sp³-hybridized carbons (Fsp3) is 0.487. The minimum Gasteiger partial charge on any atom is -0.458 e. The van der Waals surface area contributed by atoms with Crippen molar-refractivity contribution < 1.29 is 12.3 Å². The van der Waals surface area contributed by atoms with Gasteiger partial charge in [-0.25, -0.2) is 0 Å². The molecule has 3 aromatic rings. The van der Waals surface area contributed by atoms with Crippen LogP contribution in [0.15, 0.2) is 97.6 Å². The van der Waals surface area contributed by atoms with E-state index in [9.17, 15) is 0 Å². The van der Waals surface area contributed by atoms with E-state index in [0.29, 0.717) is 5.54 Å². The lowest BCUT2D eigenvalue weighted by atomic mass is 10.2. The molecule has 0 saturated carbocycles. The lowest BCUT2D eigenvalue weighted by Crippen LogP contribution is -2.46. The summed E-state index contributed by atoms with van der Waals surface area (Å²) >= 11 is 0. The lowest BCUT2D eigenvalue weighted by Gasteiger charge is -2.36. The molecular weight excluding hydrogens is 685 g/mol. The largest absolute Gasteiger partial charge is 0.458 e. The minimum atomic E-state index is -1.62. The first-order valence-electron chi connectivity index (χ1n) is 17.7. The van der Waals surface area contributed by atoms with Crippen LogP contribution in [0, 0.1) is 0 Å². The average Bonchev–Trinajstić information content (AvgIpc) is 2.94. The van der Waals surface area contributed by atoms with Crippen LogP contribution >= 0.6 is 0 Å². The molecule has 0 aromatic heterocycles. The normalized spacial score (nSPS) is 12.8. The van der Waals surface area contributed by atoms with Crippen LogP contribution in [0.5, 0.6) is 0 Å². The van der Waals surface area contributed by atoms with Gasteiger partial charge in [-0.3, -0.25) is 0 Å². The third-order valence-electron chi connectivity index (χ3n) is 6.98. The van der Waals surface area contributed by atoms with Crippen molar-refractivity contribution in [3.8, 4) is 0 Å². The van der Waals surface area contributed by atoms with Crippen LogP contribution in [0.2, 0.25) is 104 Å². The van der Waals surface area contributed by atoms with Gasteiger partial charge in [0, 0.05) is 0 Å². The van der Waals surface area contributed by atoms with E-state index in [1.54, 1.807) is 0 Å². The van der Waals surface area contributed by atoms with Gasteiger partial charge < -0.3 is 12.3 Å². The van der Waals surface area contributed by atoms with Crippen LogP contribution in [0.25, 0.3) is 6.08 Å². The number of aryl methyl sites for hydroxylation is 1. The van der Waals surface area contributed by atoms with Gasteiger partial charge in [0.05, 0.1) is 0 Å². The van der Waals surface area contributed by atoms with Gasteiger partial charge in [0.15, 0.2) is 50.6 Å². The Kier molecular flexibility index (Phi) is 21.1. The first kappa shape index (κ1) is 46.6.